The minimum Gasteiger partial charge on any atom is -0.293 e. The zero-order valence-corrected chi connectivity index (χ0v) is 10.1. The summed E-state index contributed by atoms with van der Waals surface area (Å²) in [6.07, 6.45) is 10.4. The summed E-state index contributed by atoms with van der Waals surface area (Å²) in [4.78, 5) is 4.34. The summed E-state index contributed by atoms with van der Waals surface area (Å²) < 4.78 is 0. The largest absolute Gasteiger partial charge is 0.293 e. The van der Waals surface area contributed by atoms with E-state index in [1.807, 2.05) is 12.3 Å². The molecule has 0 rings (SSSR count). The smallest absolute Gasteiger partial charge is 0.0389 e. The van der Waals surface area contributed by atoms with Crippen molar-refractivity contribution in [2.45, 2.75) is 39.5 Å². The summed E-state index contributed by atoms with van der Waals surface area (Å²) in [7, 11) is 0. The lowest BCUT2D eigenvalue weighted by atomic mass is 10.1. The van der Waals surface area contributed by atoms with Crippen molar-refractivity contribution in [3.8, 4) is 0 Å². The van der Waals surface area contributed by atoms with Crippen LogP contribution in [0.15, 0.2) is 41.4 Å². The van der Waals surface area contributed by atoms with Gasteiger partial charge >= 0.3 is 0 Å². The first-order valence-corrected chi connectivity index (χ1v) is 5.67. The molecule has 0 aromatic heterocycles. The lowest BCUT2D eigenvalue weighted by Crippen LogP contribution is -1.84. The predicted molar refractivity (Wildman–Crippen MR) is 70.6 cm³/mol. The van der Waals surface area contributed by atoms with E-state index >= 15 is 0 Å². The average molecular weight is 205 g/mol. The molecule has 1 nitrogen and oxygen atoms in total. The van der Waals surface area contributed by atoms with Crippen molar-refractivity contribution in [2.75, 3.05) is 6.54 Å². The van der Waals surface area contributed by atoms with Gasteiger partial charge in [-0.05, 0) is 31.8 Å². The third-order valence-corrected chi connectivity index (χ3v) is 2.16. The lowest BCUT2D eigenvalue weighted by Gasteiger charge is -1.96. The molecular weight excluding hydrogens is 182 g/mol. The van der Waals surface area contributed by atoms with Crippen molar-refractivity contribution >= 4 is 6.21 Å². The number of unbranched alkanes of at least 4 members (excludes halogenated alkanes) is 1. The van der Waals surface area contributed by atoms with E-state index in [1.165, 1.54) is 18.4 Å². The first-order valence-electron chi connectivity index (χ1n) is 5.67. The highest BCUT2D eigenvalue weighted by atomic mass is 14.7. The minimum atomic E-state index is 0.945. The summed E-state index contributed by atoms with van der Waals surface area (Å²) >= 11 is 0. The Balaban J connectivity index is 3.73. The van der Waals surface area contributed by atoms with Crippen molar-refractivity contribution in [3.63, 3.8) is 0 Å². The van der Waals surface area contributed by atoms with Gasteiger partial charge in [0.25, 0.3) is 0 Å². The number of allylic oxidation sites excluding steroid dienone is 4. The van der Waals surface area contributed by atoms with Crippen molar-refractivity contribution in [1.82, 2.24) is 0 Å². The van der Waals surface area contributed by atoms with Gasteiger partial charge in [0.1, 0.15) is 0 Å². The molecule has 0 aromatic carbocycles. The third kappa shape index (κ3) is 9.20. The van der Waals surface area contributed by atoms with Crippen molar-refractivity contribution in [3.05, 3.63) is 36.5 Å². The van der Waals surface area contributed by atoms with Gasteiger partial charge in [-0.15, -0.1) is 0 Å². The topological polar surface area (TPSA) is 12.4 Å². The summed E-state index contributed by atoms with van der Waals surface area (Å²) in [5.74, 6) is 0. The lowest BCUT2D eigenvalue weighted by molar-refractivity contribution is 0.810. The Kier molecular flexibility index (Phi) is 8.75. The molecule has 0 aliphatic rings. The van der Waals surface area contributed by atoms with Crippen LogP contribution in [0, 0.1) is 0 Å². The average Bonchev–Trinajstić information content (AvgIpc) is 2.24. The number of nitrogens with zero attached hydrogens (tertiary/aromatic N) is 1. The van der Waals surface area contributed by atoms with Crippen LogP contribution >= 0.6 is 0 Å². The summed E-state index contributed by atoms with van der Waals surface area (Å²) in [5, 5.41) is 0. The summed E-state index contributed by atoms with van der Waals surface area (Å²) in [6.45, 7) is 12.8. The normalized spacial score (nSPS) is 12.0. The van der Waals surface area contributed by atoms with E-state index in [9.17, 15) is 0 Å². The van der Waals surface area contributed by atoms with Crippen molar-refractivity contribution < 1.29 is 0 Å². The van der Waals surface area contributed by atoms with Crippen LogP contribution in [0.1, 0.15) is 39.5 Å². The first-order chi connectivity index (χ1) is 7.20. The second-order valence-corrected chi connectivity index (χ2v) is 3.74. The minimum absolute atomic E-state index is 0.945. The molecule has 0 aliphatic heterocycles. The Hall–Kier alpha value is -1.11. The predicted octanol–water partition coefficient (Wildman–Crippen LogP) is 4.33. The molecule has 0 radical (unpaired) electrons. The molecule has 0 bridgehead atoms. The second kappa shape index (κ2) is 9.45. The fraction of sp³-hybridized carbons (Fsp3) is 0.500. The highest BCUT2D eigenvalue weighted by molar-refractivity contribution is 5.77. The van der Waals surface area contributed by atoms with Gasteiger partial charge in [-0.25, -0.2) is 0 Å². The number of hydrogen-bond acceptors (Lipinski definition) is 1. The van der Waals surface area contributed by atoms with Gasteiger partial charge in [-0.3, -0.25) is 4.99 Å². The van der Waals surface area contributed by atoms with E-state index in [1.54, 1.807) is 0 Å². The molecule has 0 fully saturated rings. The maximum absolute atomic E-state index is 4.34. The molecule has 0 heterocycles. The van der Waals surface area contributed by atoms with Gasteiger partial charge in [0.2, 0.25) is 0 Å². The molecule has 0 atom stereocenters. The van der Waals surface area contributed by atoms with E-state index in [-0.39, 0.29) is 0 Å². The van der Waals surface area contributed by atoms with Gasteiger partial charge in [-0.2, -0.15) is 0 Å². The van der Waals surface area contributed by atoms with E-state index in [0.717, 1.165) is 25.0 Å². The van der Waals surface area contributed by atoms with Gasteiger partial charge in [0, 0.05) is 12.8 Å². The van der Waals surface area contributed by atoms with Crippen LogP contribution in [0.25, 0.3) is 0 Å². The van der Waals surface area contributed by atoms with Gasteiger partial charge in [0.15, 0.2) is 0 Å². The molecule has 0 saturated carbocycles. The summed E-state index contributed by atoms with van der Waals surface area (Å²) in [5.41, 5.74) is 2.34. The Morgan fingerprint density at radius 1 is 1.40 bits per heavy atom. The van der Waals surface area contributed by atoms with Gasteiger partial charge < -0.3 is 0 Å². The number of hydrogen-bond donors (Lipinski definition) is 0. The Bertz CT molecular complexity index is 246. The molecule has 0 aromatic rings. The second-order valence-electron chi connectivity index (χ2n) is 3.74. The van der Waals surface area contributed by atoms with Crippen LogP contribution < -0.4 is 0 Å². The molecule has 0 spiro atoms. The third-order valence-electron chi connectivity index (χ3n) is 2.16. The van der Waals surface area contributed by atoms with Crippen LogP contribution in [-0.4, -0.2) is 12.8 Å². The Morgan fingerprint density at radius 2 is 2.13 bits per heavy atom. The fourth-order valence-corrected chi connectivity index (χ4v) is 1.10. The van der Waals surface area contributed by atoms with Crippen LogP contribution in [0.5, 0.6) is 0 Å². The molecule has 1 heteroatoms. The molecular formula is C14H23N. The zero-order valence-electron chi connectivity index (χ0n) is 10.1. The number of aliphatic imine (C=N–C) groups is 1. The van der Waals surface area contributed by atoms with E-state index < -0.39 is 0 Å². The molecule has 15 heavy (non-hydrogen) atoms. The van der Waals surface area contributed by atoms with E-state index in [0.29, 0.717) is 0 Å². The maximum Gasteiger partial charge on any atom is 0.0389 e. The van der Waals surface area contributed by atoms with Crippen LogP contribution in [0.2, 0.25) is 0 Å². The molecule has 84 valence electrons. The molecule has 0 aliphatic carbocycles. The fourth-order valence-electron chi connectivity index (χ4n) is 1.10. The van der Waals surface area contributed by atoms with Crippen LogP contribution in [0.4, 0.5) is 0 Å². The molecule has 0 amide bonds. The first kappa shape index (κ1) is 13.9. The van der Waals surface area contributed by atoms with Gasteiger partial charge in [-0.1, -0.05) is 44.2 Å². The van der Waals surface area contributed by atoms with Crippen molar-refractivity contribution in [1.29, 1.82) is 0 Å². The molecule has 0 saturated heterocycles. The number of rotatable bonds is 8. The van der Waals surface area contributed by atoms with Crippen molar-refractivity contribution in [2.24, 2.45) is 4.99 Å². The highest BCUT2D eigenvalue weighted by Crippen LogP contribution is 2.05. The molecule has 0 N–H and O–H groups in total. The monoisotopic (exact) mass is 205 g/mol. The maximum atomic E-state index is 4.34. The highest BCUT2D eigenvalue weighted by Gasteiger charge is 1.87. The van der Waals surface area contributed by atoms with Crippen LogP contribution in [-0.2, 0) is 0 Å². The Morgan fingerprint density at radius 3 is 2.73 bits per heavy atom. The van der Waals surface area contributed by atoms with Crippen LogP contribution in [0.3, 0.4) is 0 Å². The zero-order chi connectivity index (χ0) is 11.5. The standard InChI is InChI=1S/C14H23N/c1-5-7-11-15-12-14(4)10-8-9-13(3)6-2/h6,10,12H,2-3,5,7-9,11H2,1,4H3. The SMILES string of the molecule is C=CC(=C)CCC=C(C)C=NCCCC. The van der Waals surface area contributed by atoms with Gasteiger partial charge in [0.05, 0.1) is 0 Å². The summed E-state index contributed by atoms with van der Waals surface area (Å²) in [6, 6.07) is 0. The van der Waals surface area contributed by atoms with E-state index in [2.05, 4.69) is 38.1 Å². The molecule has 0 unspecified atom stereocenters. The quantitative estimate of drug-likeness (QED) is 0.318. The Labute approximate surface area is 94.3 Å². The van der Waals surface area contributed by atoms with E-state index in [4.69, 9.17) is 0 Å².